The summed E-state index contributed by atoms with van der Waals surface area (Å²) in [5.41, 5.74) is 3.18. The number of halogens is 1. The molecule has 3 aromatic rings. The quantitative estimate of drug-likeness (QED) is 0.683. The molecule has 26 heavy (non-hydrogen) atoms. The molecular weight excluding hydrogens is 352 g/mol. The molecule has 0 radical (unpaired) electrons. The standard InChI is InChI=1S/C20H17ClN2O3/c21-16-3-1-13(2-4-16)10-23-5-6-24-20-15(11-23)7-14-8-18-19(26-12-25-18)9-17(14)22-20/h1-4,7-9H,5-6,10-12H2. The molecule has 0 amide bonds. The summed E-state index contributed by atoms with van der Waals surface area (Å²) in [5, 5.41) is 1.79. The predicted molar refractivity (Wildman–Crippen MR) is 98.9 cm³/mol. The van der Waals surface area contributed by atoms with Gasteiger partial charge in [0.2, 0.25) is 12.7 Å². The molecule has 132 valence electrons. The Hall–Kier alpha value is -2.50. The molecule has 0 fully saturated rings. The van der Waals surface area contributed by atoms with Crippen LogP contribution in [0.1, 0.15) is 11.1 Å². The lowest BCUT2D eigenvalue weighted by Crippen LogP contribution is -2.25. The highest BCUT2D eigenvalue weighted by atomic mass is 35.5. The van der Waals surface area contributed by atoms with Crippen molar-refractivity contribution < 1.29 is 14.2 Å². The fourth-order valence-corrected chi connectivity index (χ4v) is 3.53. The fourth-order valence-electron chi connectivity index (χ4n) is 3.40. The number of pyridine rings is 1. The number of nitrogens with zero attached hydrogens (tertiary/aromatic N) is 2. The van der Waals surface area contributed by atoms with E-state index in [1.165, 1.54) is 5.56 Å². The highest BCUT2D eigenvalue weighted by molar-refractivity contribution is 6.30. The van der Waals surface area contributed by atoms with Crippen molar-refractivity contribution in [2.24, 2.45) is 0 Å². The van der Waals surface area contributed by atoms with Crippen LogP contribution in [-0.4, -0.2) is 29.8 Å². The van der Waals surface area contributed by atoms with E-state index < -0.39 is 0 Å². The maximum absolute atomic E-state index is 5.98. The molecule has 5 rings (SSSR count). The summed E-state index contributed by atoms with van der Waals surface area (Å²) < 4.78 is 16.8. The van der Waals surface area contributed by atoms with Gasteiger partial charge in [-0.05, 0) is 29.8 Å². The second kappa shape index (κ2) is 6.34. The number of fused-ring (bicyclic) bond motifs is 3. The summed E-state index contributed by atoms with van der Waals surface area (Å²) in [6.07, 6.45) is 0. The normalized spacial score (nSPS) is 16.2. The summed E-state index contributed by atoms with van der Waals surface area (Å²) in [6, 6.07) is 14.0. The van der Waals surface area contributed by atoms with E-state index in [2.05, 4.69) is 23.1 Å². The van der Waals surface area contributed by atoms with Gasteiger partial charge in [0.1, 0.15) is 6.61 Å². The highest BCUT2D eigenvalue weighted by Crippen LogP contribution is 2.37. The van der Waals surface area contributed by atoms with Gasteiger partial charge in [-0.2, -0.15) is 0 Å². The molecule has 0 aliphatic carbocycles. The zero-order valence-electron chi connectivity index (χ0n) is 14.1. The van der Waals surface area contributed by atoms with Gasteiger partial charge in [-0.3, -0.25) is 4.90 Å². The summed E-state index contributed by atoms with van der Waals surface area (Å²) in [4.78, 5) is 7.06. The lowest BCUT2D eigenvalue weighted by Gasteiger charge is -2.19. The van der Waals surface area contributed by atoms with E-state index >= 15 is 0 Å². The summed E-state index contributed by atoms with van der Waals surface area (Å²) in [5.74, 6) is 2.21. The average molecular weight is 369 g/mol. The van der Waals surface area contributed by atoms with E-state index in [1.54, 1.807) is 0 Å². The molecule has 0 spiro atoms. The van der Waals surface area contributed by atoms with Crippen molar-refractivity contribution in [2.45, 2.75) is 13.1 Å². The molecule has 2 aliphatic heterocycles. The number of rotatable bonds is 2. The molecule has 2 aromatic carbocycles. The first-order valence-corrected chi connectivity index (χ1v) is 8.95. The Morgan fingerprint density at radius 1 is 1.00 bits per heavy atom. The fraction of sp³-hybridized carbons (Fsp3) is 0.250. The van der Waals surface area contributed by atoms with Crippen LogP contribution in [0.25, 0.3) is 10.9 Å². The average Bonchev–Trinajstić information content (AvgIpc) is 3.00. The van der Waals surface area contributed by atoms with E-state index in [0.29, 0.717) is 12.5 Å². The van der Waals surface area contributed by atoms with Crippen LogP contribution >= 0.6 is 11.6 Å². The molecule has 0 atom stereocenters. The molecule has 5 nitrogen and oxygen atoms in total. The first kappa shape index (κ1) is 15.7. The largest absolute Gasteiger partial charge is 0.476 e. The van der Waals surface area contributed by atoms with Crippen LogP contribution in [0, 0.1) is 0 Å². The first-order chi connectivity index (χ1) is 12.7. The zero-order valence-corrected chi connectivity index (χ0v) is 14.8. The van der Waals surface area contributed by atoms with Crippen LogP contribution in [0.15, 0.2) is 42.5 Å². The minimum Gasteiger partial charge on any atom is -0.476 e. The van der Waals surface area contributed by atoms with Crippen LogP contribution in [0.4, 0.5) is 0 Å². The van der Waals surface area contributed by atoms with Gasteiger partial charge in [0, 0.05) is 41.7 Å². The molecule has 0 unspecified atom stereocenters. The molecular formula is C20H17ClN2O3. The summed E-state index contributed by atoms with van der Waals surface area (Å²) >= 11 is 5.98. The Morgan fingerprint density at radius 2 is 1.81 bits per heavy atom. The van der Waals surface area contributed by atoms with Crippen molar-refractivity contribution in [1.82, 2.24) is 9.88 Å². The van der Waals surface area contributed by atoms with Gasteiger partial charge < -0.3 is 14.2 Å². The third-order valence-corrected chi connectivity index (χ3v) is 4.96. The molecule has 0 saturated heterocycles. The van der Waals surface area contributed by atoms with Gasteiger partial charge in [-0.25, -0.2) is 4.98 Å². The maximum atomic E-state index is 5.98. The smallest absolute Gasteiger partial charge is 0.231 e. The second-order valence-corrected chi connectivity index (χ2v) is 6.97. The zero-order chi connectivity index (χ0) is 17.5. The van der Waals surface area contributed by atoms with Gasteiger partial charge in [0.25, 0.3) is 0 Å². The van der Waals surface area contributed by atoms with Gasteiger partial charge in [0.05, 0.1) is 5.52 Å². The Labute approximate surface area is 156 Å². The predicted octanol–water partition coefficient (Wildman–Crippen LogP) is 4.01. The van der Waals surface area contributed by atoms with Crippen molar-refractivity contribution in [2.75, 3.05) is 19.9 Å². The van der Waals surface area contributed by atoms with Crippen LogP contribution in [-0.2, 0) is 13.1 Å². The second-order valence-electron chi connectivity index (χ2n) is 6.54. The first-order valence-electron chi connectivity index (χ1n) is 8.57. The molecule has 2 aliphatic rings. The molecule has 0 N–H and O–H groups in total. The number of aromatic nitrogens is 1. The van der Waals surface area contributed by atoms with Crippen molar-refractivity contribution >= 4 is 22.5 Å². The van der Waals surface area contributed by atoms with Crippen molar-refractivity contribution in [3.05, 3.63) is 58.6 Å². The topological polar surface area (TPSA) is 43.8 Å². The van der Waals surface area contributed by atoms with Gasteiger partial charge in [0.15, 0.2) is 11.5 Å². The van der Waals surface area contributed by atoms with Crippen LogP contribution in [0.2, 0.25) is 5.02 Å². The van der Waals surface area contributed by atoms with E-state index in [9.17, 15) is 0 Å². The van der Waals surface area contributed by atoms with Crippen LogP contribution in [0.3, 0.4) is 0 Å². The Morgan fingerprint density at radius 3 is 2.65 bits per heavy atom. The van der Waals surface area contributed by atoms with Crippen LogP contribution in [0.5, 0.6) is 17.4 Å². The van der Waals surface area contributed by atoms with Crippen molar-refractivity contribution in [3.63, 3.8) is 0 Å². The SMILES string of the molecule is Clc1ccc(CN2CCOc3nc4cc5c(cc4cc3C2)OCO5)cc1. The monoisotopic (exact) mass is 368 g/mol. The molecule has 1 aromatic heterocycles. The number of hydrogen-bond acceptors (Lipinski definition) is 5. The number of hydrogen-bond donors (Lipinski definition) is 0. The minimum absolute atomic E-state index is 0.261. The van der Waals surface area contributed by atoms with Gasteiger partial charge in [-0.1, -0.05) is 23.7 Å². The Balaban J connectivity index is 1.45. The third-order valence-electron chi connectivity index (χ3n) is 4.71. The summed E-state index contributed by atoms with van der Waals surface area (Å²) in [7, 11) is 0. The summed E-state index contributed by atoms with van der Waals surface area (Å²) in [6.45, 7) is 3.35. The van der Waals surface area contributed by atoms with Gasteiger partial charge in [-0.15, -0.1) is 0 Å². The Kier molecular flexibility index (Phi) is 3.84. The molecule has 0 bridgehead atoms. The van der Waals surface area contributed by atoms with E-state index in [4.69, 9.17) is 30.8 Å². The van der Waals surface area contributed by atoms with Crippen molar-refractivity contribution in [1.29, 1.82) is 0 Å². The van der Waals surface area contributed by atoms with E-state index in [1.807, 2.05) is 24.3 Å². The van der Waals surface area contributed by atoms with Gasteiger partial charge >= 0.3 is 0 Å². The van der Waals surface area contributed by atoms with E-state index in [-0.39, 0.29) is 6.79 Å². The third kappa shape index (κ3) is 2.93. The molecule has 6 heteroatoms. The van der Waals surface area contributed by atoms with Crippen molar-refractivity contribution in [3.8, 4) is 17.4 Å². The lowest BCUT2D eigenvalue weighted by atomic mass is 10.1. The number of ether oxygens (including phenoxy) is 3. The Bertz CT molecular complexity index is 975. The minimum atomic E-state index is 0.261. The molecule has 0 saturated carbocycles. The highest BCUT2D eigenvalue weighted by Gasteiger charge is 2.20. The van der Waals surface area contributed by atoms with Crippen LogP contribution < -0.4 is 14.2 Å². The maximum Gasteiger partial charge on any atom is 0.231 e. The number of benzene rings is 2. The lowest BCUT2D eigenvalue weighted by molar-refractivity contribution is 0.174. The molecule has 3 heterocycles. The van der Waals surface area contributed by atoms with E-state index in [0.717, 1.165) is 52.6 Å².